The molecule has 1 aliphatic rings. The van der Waals surface area contributed by atoms with Crippen molar-refractivity contribution in [3.8, 4) is 11.1 Å². The van der Waals surface area contributed by atoms with Gasteiger partial charge in [-0.25, -0.2) is 9.37 Å². The van der Waals surface area contributed by atoms with Gasteiger partial charge in [0.25, 0.3) is 0 Å². The molecule has 0 aliphatic carbocycles. The van der Waals surface area contributed by atoms with E-state index in [-0.39, 0.29) is 5.82 Å². The minimum Gasteiger partial charge on any atom is -0.378 e. The smallest absolute Gasteiger partial charge is 0.139 e. The Bertz CT molecular complexity index is 832. The van der Waals surface area contributed by atoms with Crippen molar-refractivity contribution in [3.63, 3.8) is 0 Å². The lowest BCUT2D eigenvalue weighted by atomic mass is 10.0. The number of aryl methyl sites for hydroxylation is 1. The molecule has 23 heavy (non-hydrogen) atoms. The van der Waals surface area contributed by atoms with Crippen LogP contribution in [-0.4, -0.2) is 36.3 Å². The number of anilines is 1. The summed E-state index contributed by atoms with van der Waals surface area (Å²) in [6.07, 6.45) is 3.72. The maximum Gasteiger partial charge on any atom is 0.139 e. The van der Waals surface area contributed by atoms with Crippen LogP contribution < -0.4 is 4.90 Å². The van der Waals surface area contributed by atoms with Gasteiger partial charge in [-0.05, 0) is 36.2 Å². The van der Waals surface area contributed by atoms with Gasteiger partial charge in [-0.2, -0.15) is 0 Å². The summed E-state index contributed by atoms with van der Waals surface area (Å²) in [6.45, 7) is 5.06. The van der Waals surface area contributed by atoms with Crippen molar-refractivity contribution in [2.75, 3.05) is 31.2 Å². The van der Waals surface area contributed by atoms with E-state index in [0.29, 0.717) is 0 Å². The fraction of sp³-hybridized carbons (Fsp3) is 0.278. The van der Waals surface area contributed by atoms with Crippen LogP contribution in [0.3, 0.4) is 0 Å². The molecule has 3 heterocycles. The van der Waals surface area contributed by atoms with Crippen molar-refractivity contribution in [2.24, 2.45) is 0 Å². The molecule has 5 heteroatoms. The van der Waals surface area contributed by atoms with Crippen LogP contribution in [0.15, 0.2) is 36.7 Å². The van der Waals surface area contributed by atoms with Gasteiger partial charge in [0, 0.05) is 36.4 Å². The van der Waals surface area contributed by atoms with Gasteiger partial charge in [0.1, 0.15) is 11.5 Å². The number of nitrogens with one attached hydrogen (secondary N) is 1. The highest BCUT2D eigenvalue weighted by Gasteiger charge is 2.18. The van der Waals surface area contributed by atoms with Crippen LogP contribution in [0.2, 0.25) is 0 Å². The number of morpholine rings is 1. The maximum atomic E-state index is 13.8. The monoisotopic (exact) mass is 311 g/mol. The molecule has 1 aromatic carbocycles. The molecule has 0 spiro atoms. The zero-order valence-electron chi connectivity index (χ0n) is 13.0. The van der Waals surface area contributed by atoms with Crippen LogP contribution in [0, 0.1) is 12.7 Å². The predicted octanol–water partition coefficient (Wildman–Crippen LogP) is 3.51. The zero-order chi connectivity index (χ0) is 15.8. The Morgan fingerprint density at radius 1 is 1.22 bits per heavy atom. The number of hydrogen-bond donors (Lipinski definition) is 1. The molecule has 1 aliphatic heterocycles. The molecule has 3 aromatic rings. The van der Waals surface area contributed by atoms with Gasteiger partial charge in [0.05, 0.1) is 18.9 Å². The Balaban J connectivity index is 1.90. The molecule has 0 bridgehead atoms. The lowest BCUT2D eigenvalue weighted by molar-refractivity contribution is 0.123. The molecule has 2 aromatic heterocycles. The van der Waals surface area contributed by atoms with E-state index in [1.54, 1.807) is 12.1 Å². The van der Waals surface area contributed by atoms with E-state index in [1.165, 1.54) is 0 Å². The molecule has 1 fully saturated rings. The summed E-state index contributed by atoms with van der Waals surface area (Å²) < 4.78 is 19.3. The van der Waals surface area contributed by atoms with Crippen molar-refractivity contribution in [3.05, 3.63) is 48.0 Å². The molecule has 0 unspecified atom stereocenters. The van der Waals surface area contributed by atoms with Crippen molar-refractivity contribution in [1.82, 2.24) is 9.97 Å². The number of halogens is 1. The highest BCUT2D eigenvalue weighted by atomic mass is 19.1. The number of hydrogen-bond acceptors (Lipinski definition) is 3. The lowest BCUT2D eigenvalue weighted by Crippen LogP contribution is -2.36. The minimum absolute atomic E-state index is 0.217. The standard InChI is InChI=1S/C18H18FN3O/c1-12-8-13(10-14(19)9-12)15-11-21-18-17(15)16(2-3-20-18)22-4-6-23-7-5-22/h2-3,8-11H,4-7H2,1H3,(H,20,21). The predicted molar refractivity (Wildman–Crippen MR) is 89.3 cm³/mol. The van der Waals surface area contributed by atoms with Gasteiger partial charge in [0.2, 0.25) is 0 Å². The number of fused-ring (bicyclic) bond motifs is 1. The number of pyridine rings is 1. The first-order valence-corrected chi connectivity index (χ1v) is 7.79. The summed E-state index contributed by atoms with van der Waals surface area (Å²) >= 11 is 0. The second-order valence-electron chi connectivity index (χ2n) is 5.87. The molecule has 0 saturated carbocycles. The molecule has 0 radical (unpaired) electrons. The summed E-state index contributed by atoms with van der Waals surface area (Å²) in [5, 5.41) is 1.04. The average molecular weight is 311 g/mol. The van der Waals surface area contributed by atoms with Gasteiger partial charge < -0.3 is 14.6 Å². The first kappa shape index (κ1) is 14.2. The van der Waals surface area contributed by atoms with E-state index in [1.807, 2.05) is 31.5 Å². The first-order chi connectivity index (χ1) is 11.2. The molecule has 0 atom stereocenters. The van der Waals surface area contributed by atoms with Crippen LogP contribution in [0.25, 0.3) is 22.2 Å². The highest BCUT2D eigenvalue weighted by Crippen LogP contribution is 2.35. The highest BCUT2D eigenvalue weighted by molar-refractivity contribution is 6.02. The van der Waals surface area contributed by atoms with Gasteiger partial charge in [0.15, 0.2) is 0 Å². The molecule has 1 N–H and O–H groups in total. The number of rotatable bonds is 2. The van der Waals surface area contributed by atoms with E-state index in [9.17, 15) is 4.39 Å². The number of nitrogens with zero attached hydrogens (tertiary/aromatic N) is 2. The number of H-pyrrole nitrogens is 1. The Labute approximate surface area is 133 Å². The molecule has 4 nitrogen and oxygen atoms in total. The van der Waals surface area contributed by atoms with Crippen molar-refractivity contribution >= 4 is 16.7 Å². The van der Waals surface area contributed by atoms with Gasteiger partial charge in [-0.1, -0.05) is 6.07 Å². The largest absolute Gasteiger partial charge is 0.378 e. The van der Waals surface area contributed by atoms with Crippen LogP contribution in [0.5, 0.6) is 0 Å². The summed E-state index contributed by atoms with van der Waals surface area (Å²) in [4.78, 5) is 9.94. The second kappa shape index (κ2) is 5.66. The first-order valence-electron chi connectivity index (χ1n) is 7.79. The topological polar surface area (TPSA) is 41.2 Å². The molecular weight excluding hydrogens is 293 g/mol. The van der Waals surface area contributed by atoms with E-state index in [4.69, 9.17) is 4.74 Å². The van der Waals surface area contributed by atoms with E-state index < -0.39 is 0 Å². The normalized spacial score (nSPS) is 15.3. The fourth-order valence-corrected chi connectivity index (χ4v) is 3.23. The lowest BCUT2D eigenvalue weighted by Gasteiger charge is -2.29. The third kappa shape index (κ3) is 2.57. The molecule has 1 saturated heterocycles. The van der Waals surface area contributed by atoms with Crippen molar-refractivity contribution < 1.29 is 9.13 Å². The van der Waals surface area contributed by atoms with E-state index >= 15 is 0 Å². The van der Waals surface area contributed by atoms with Crippen molar-refractivity contribution in [1.29, 1.82) is 0 Å². The van der Waals surface area contributed by atoms with Gasteiger partial charge in [-0.3, -0.25) is 0 Å². The molecule has 118 valence electrons. The summed E-state index contributed by atoms with van der Waals surface area (Å²) in [6, 6.07) is 7.14. The maximum absolute atomic E-state index is 13.8. The van der Waals surface area contributed by atoms with Crippen LogP contribution in [0.4, 0.5) is 10.1 Å². The Kier molecular flexibility index (Phi) is 3.50. The number of aromatic nitrogens is 2. The summed E-state index contributed by atoms with van der Waals surface area (Å²) in [7, 11) is 0. The quantitative estimate of drug-likeness (QED) is 0.787. The molecule has 4 rings (SSSR count). The number of ether oxygens (including phenoxy) is 1. The van der Waals surface area contributed by atoms with Crippen LogP contribution >= 0.6 is 0 Å². The second-order valence-corrected chi connectivity index (χ2v) is 5.87. The Hall–Kier alpha value is -2.40. The Morgan fingerprint density at radius 2 is 2.04 bits per heavy atom. The summed E-state index contributed by atoms with van der Waals surface area (Å²) in [5.74, 6) is -0.217. The SMILES string of the molecule is Cc1cc(F)cc(-c2c[nH]c3nccc(N4CCOCC4)c23)c1. The Morgan fingerprint density at radius 3 is 2.83 bits per heavy atom. The van der Waals surface area contributed by atoms with Gasteiger partial charge in [-0.15, -0.1) is 0 Å². The molecule has 0 amide bonds. The number of benzene rings is 1. The summed E-state index contributed by atoms with van der Waals surface area (Å²) in [5.41, 5.74) is 4.71. The van der Waals surface area contributed by atoms with Crippen molar-refractivity contribution in [2.45, 2.75) is 6.92 Å². The number of aromatic amines is 1. The van der Waals surface area contributed by atoms with Gasteiger partial charge >= 0.3 is 0 Å². The third-order valence-electron chi connectivity index (χ3n) is 4.26. The fourth-order valence-electron chi connectivity index (χ4n) is 3.23. The minimum atomic E-state index is -0.217. The molecular formula is C18H18FN3O. The zero-order valence-corrected chi connectivity index (χ0v) is 13.0. The third-order valence-corrected chi connectivity index (χ3v) is 4.26. The van der Waals surface area contributed by atoms with Crippen LogP contribution in [-0.2, 0) is 4.74 Å². The van der Waals surface area contributed by atoms with E-state index in [0.717, 1.165) is 59.7 Å². The van der Waals surface area contributed by atoms with E-state index in [2.05, 4.69) is 14.9 Å². The van der Waals surface area contributed by atoms with Crippen LogP contribution in [0.1, 0.15) is 5.56 Å². The average Bonchev–Trinajstić information content (AvgIpc) is 2.99.